The van der Waals surface area contributed by atoms with Crippen molar-refractivity contribution in [3.63, 3.8) is 0 Å². The second kappa shape index (κ2) is 18.3. The van der Waals surface area contributed by atoms with E-state index in [-0.39, 0.29) is 0 Å². The minimum Gasteiger partial charge on any atom is -0.310 e. The first-order valence-electron chi connectivity index (χ1n) is 28.2. The molecule has 0 unspecified atom stereocenters. The minimum absolute atomic E-state index is 0.611. The quantitative estimate of drug-likeness (QED) is 0.101. The molecule has 0 fully saturated rings. The van der Waals surface area contributed by atoms with Crippen LogP contribution in [-0.4, -0.2) is 24.9 Å². The third kappa shape index (κ3) is 7.29. The first-order valence-corrected chi connectivity index (χ1v) is 35.2. The molecule has 0 aliphatic heterocycles. The summed E-state index contributed by atoms with van der Waals surface area (Å²) < 4.78 is 5.19. The van der Waals surface area contributed by atoms with Crippen molar-refractivity contribution in [1.82, 2.24) is 8.80 Å². The smallest absolute Gasteiger partial charge is 0.187 e. The van der Waals surface area contributed by atoms with Crippen molar-refractivity contribution in [1.29, 1.82) is 5.26 Å². The molecule has 0 saturated carbocycles. The van der Waals surface area contributed by atoms with Gasteiger partial charge >= 0.3 is 0 Å². The lowest BCUT2D eigenvalue weighted by Gasteiger charge is -2.27. The molecule has 390 valence electrons. The Morgan fingerprint density at radius 3 is 1.12 bits per heavy atom. The number of benzene rings is 11. The monoisotopic (exact) mass is 1080 g/mol. The van der Waals surface area contributed by atoms with Crippen LogP contribution in [0.2, 0.25) is 39.3 Å². The highest BCUT2D eigenvalue weighted by molar-refractivity contribution is 6.89. The number of hydrogen-bond donors (Lipinski definition) is 0. The van der Waals surface area contributed by atoms with Gasteiger partial charge in [0, 0.05) is 77.0 Å². The van der Waals surface area contributed by atoms with Crippen molar-refractivity contribution in [3.05, 3.63) is 248 Å². The second-order valence-corrected chi connectivity index (χ2v) is 34.1. The van der Waals surface area contributed by atoms with Crippen LogP contribution in [0.1, 0.15) is 5.56 Å². The van der Waals surface area contributed by atoms with Crippen molar-refractivity contribution in [2.75, 3.05) is 9.80 Å². The molecule has 82 heavy (non-hydrogen) atoms. The highest BCUT2D eigenvalue weighted by Crippen LogP contribution is 2.57. The Morgan fingerprint density at radius 1 is 0.378 bits per heavy atom. The summed E-state index contributed by atoms with van der Waals surface area (Å²) in [6.45, 7) is 22.2. The van der Waals surface area contributed by atoms with E-state index in [9.17, 15) is 5.26 Å². The number of fused-ring (bicyclic) bond motifs is 12. The van der Waals surface area contributed by atoms with Gasteiger partial charge in [-0.25, -0.2) is 4.85 Å². The van der Waals surface area contributed by atoms with E-state index in [4.69, 9.17) is 6.57 Å². The Kier molecular flexibility index (Phi) is 11.0. The molecule has 4 aromatic heterocycles. The van der Waals surface area contributed by atoms with Gasteiger partial charge in [0.25, 0.3) is 0 Å². The van der Waals surface area contributed by atoms with Gasteiger partial charge in [-0.05, 0) is 96.1 Å². The van der Waals surface area contributed by atoms with Crippen LogP contribution >= 0.6 is 0 Å². The predicted molar refractivity (Wildman–Crippen MR) is 353 cm³/mol. The number of nitrogens with zero attached hydrogens (tertiary/aromatic N) is 6. The van der Waals surface area contributed by atoms with Gasteiger partial charge in [-0.3, -0.25) is 0 Å². The summed E-state index contributed by atoms with van der Waals surface area (Å²) >= 11 is 0. The van der Waals surface area contributed by atoms with Crippen molar-refractivity contribution in [2.24, 2.45) is 0 Å². The number of hydrogen-bond acceptors (Lipinski definition) is 3. The van der Waals surface area contributed by atoms with Gasteiger partial charge in [-0.2, -0.15) is 5.26 Å². The molecule has 15 rings (SSSR count). The van der Waals surface area contributed by atoms with Crippen LogP contribution in [0.15, 0.2) is 231 Å². The van der Waals surface area contributed by atoms with E-state index in [1.807, 2.05) is 24.3 Å². The van der Waals surface area contributed by atoms with Crippen LogP contribution in [-0.2, 0) is 0 Å². The molecule has 6 nitrogen and oxygen atoms in total. The number of nitriles is 1. The zero-order chi connectivity index (χ0) is 55.8. The summed E-state index contributed by atoms with van der Waals surface area (Å²) in [7, 11) is -3.22. The Hall–Kier alpha value is -9.97. The van der Waals surface area contributed by atoms with Gasteiger partial charge in [0.15, 0.2) is 5.69 Å². The second-order valence-electron chi connectivity index (χ2n) is 23.9. The molecule has 0 radical (unpaired) electrons. The van der Waals surface area contributed by atoms with Gasteiger partial charge in [0.1, 0.15) is 0 Å². The van der Waals surface area contributed by atoms with Gasteiger partial charge in [-0.1, -0.05) is 195 Å². The zero-order valence-corrected chi connectivity index (χ0v) is 48.6. The standard InChI is InChI=1S/C74H56N6Si2/c1-76-50-28-32-52(33-29-50)78(54-36-40-56(41-37-54)82(5,6)7)64-45-43-60-70-66(49-20-12-9-13-21-49)73-69(65(48-18-10-8-11-19-48)74(70)80-62-25-17-15-23-58(62)68(64)72(60)80)59-42-44-63(67-57-22-14-16-24-61(57)79(73)71(59)67)77(51-30-26-47(46-75)27-31-51)53-34-38-55(39-35-53)81(2,3)4/h8-45H,2-7H3. The number of rotatable bonds is 10. The molecule has 0 aliphatic carbocycles. The lowest BCUT2D eigenvalue weighted by atomic mass is 9.89. The summed E-state index contributed by atoms with van der Waals surface area (Å²) in [4.78, 5) is 8.59. The van der Waals surface area contributed by atoms with Crippen molar-refractivity contribution >= 4 is 143 Å². The lowest BCUT2D eigenvalue weighted by molar-refractivity contribution is 1.30. The average molecular weight is 1090 g/mol. The lowest BCUT2D eigenvalue weighted by Crippen LogP contribution is -2.37. The number of para-hydroxylation sites is 2. The molecular weight excluding hydrogens is 1030 g/mol. The number of anilines is 6. The van der Waals surface area contributed by atoms with Crippen molar-refractivity contribution < 1.29 is 0 Å². The molecule has 0 N–H and O–H groups in total. The predicted octanol–water partition coefficient (Wildman–Crippen LogP) is 19.8. The summed E-state index contributed by atoms with van der Waals surface area (Å²) in [5.41, 5.74) is 19.1. The van der Waals surface area contributed by atoms with Gasteiger partial charge in [0.05, 0.1) is 78.8 Å². The molecule has 0 saturated heterocycles. The molecule has 4 heterocycles. The fraction of sp³-hybridized carbons (Fsp3) is 0.0811. The highest BCUT2D eigenvalue weighted by atomic mass is 28.3. The highest BCUT2D eigenvalue weighted by Gasteiger charge is 2.34. The first kappa shape index (κ1) is 49.1. The fourth-order valence-electron chi connectivity index (χ4n) is 13.3. The first-order chi connectivity index (χ1) is 39.9. The summed E-state index contributed by atoms with van der Waals surface area (Å²) in [5.74, 6) is 0. The van der Waals surface area contributed by atoms with Crippen LogP contribution in [0, 0.1) is 17.9 Å². The summed E-state index contributed by atoms with van der Waals surface area (Å²) in [6, 6.07) is 86.4. The van der Waals surface area contributed by atoms with E-state index in [1.54, 1.807) is 0 Å². The van der Waals surface area contributed by atoms with Crippen molar-refractivity contribution in [2.45, 2.75) is 39.3 Å². The Morgan fingerprint density at radius 2 is 0.744 bits per heavy atom. The van der Waals surface area contributed by atoms with Crippen LogP contribution in [0.25, 0.3) is 103 Å². The van der Waals surface area contributed by atoms with E-state index in [0.717, 1.165) is 56.3 Å². The third-order valence-corrected chi connectivity index (χ3v) is 21.2. The molecule has 0 spiro atoms. The maximum Gasteiger partial charge on any atom is 0.187 e. The fourth-order valence-corrected chi connectivity index (χ4v) is 15.6. The van der Waals surface area contributed by atoms with Crippen LogP contribution in [0.3, 0.4) is 0 Å². The molecule has 8 heteroatoms. The van der Waals surface area contributed by atoms with E-state index < -0.39 is 16.1 Å². The summed E-state index contributed by atoms with van der Waals surface area (Å²) in [6.07, 6.45) is 0. The third-order valence-electron chi connectivity index (χ3n) is 17.1. The van der Waals surface area contributed by atoms with Gasteiger partial charge in [-0.15, -0.1) is 0 Å². The molecule has 0 amide bonds. The molecular formula is C74H56N6Si2. The molecule has 0 bridgehead atoms. The Balaban J connectivity index is 1.12. The zero-order valence-electron chi connectivity index (χ0n) is 46.6. The molecule has 11 aromatic carbocycles. The van der Waals surface area contributed by atoms with Gasteiger partial charge in [0.2, 0.25) is 0 Å². The summed E-state index contributed by atoms with van der Waals surface area (Å²) in [5, 5.41) is 22.2. The van der Waals surface area contributed by atoms with E-state index in [1.165, 1.54) is 86.7 Å². The van der Waals surface area contributed by atoms with Crippen LogP contribution in [0.4, 0.5) is 39.8 Å². The topological polar surface area (TPSA) is 43.5 Å². The van der Waals surface area contributed by atoms with Crippen LogP contribution in [0.5, 0.6) is 0 Å². The minimum atomic E-state index is -1.61. The van der Waals surface area contributed by atoms with E-state index >= 15 is 0 Å². The largest absolute Gasteiger partial charge is 0.310 e. The molecule has 15 aromatic rings. The van der Waals surface area contributed by atoms with E-state index in [2.05, 4.69) is 275 Å². The van der Waals surface area contributed by atoms with Crippen molar-refractivity contribution in [3.8, 4) is 28.3 Å². The maximum absolute atomic E-state index is 9.99. The van der Waals surface area contributed by atoms with Gasteiger partial charge < -0.3 is 18.6 Å². The number of aromatic nitrogens is 2. The SMILES string of the molecule is [C-]#[N+]c1ccc(N(c2ccc([Si](C)(C)C)cc2)c2ccc3c4c(-c5ccccc5)c5c(c(-c6ccccc6)c4n4c6ccccc6c2c34)c2ccc(N(c3ccc(C#N)cc3)c3ccc([Si](C)(C)C)cc3)c3c4ccccc4n5c23)cc1. The Labute approximate surface area is 478 Å². The molecule has 0 aliphatic rings. The average Bonchev–Trinajstić information content (AvgIpc) is 1.69. The maximum atomic E-state index is 9.99. The van der Waals surface area contributed by atoms with Crippen LogP contribution < -0.4 is 20.2 Å². The molecule has 0 atom stereocenters. The normalized spacial score (nSPS) is 12.2. The van der Waals surface area contributed by atoms with E-state index in [0.29, 0.717) is 11.3 Å². The Bertz CT molecular complexity index is 4770.